The topological polar surface area (TPSA) is 76.9 Å². The first-order chi connectivity index (χ1) is 11.1. The maximum Gasteiger partial charge on any atom is 0.243 e. The highest BCUT2D eigenvalue weighted by Crippen LogP contribution is 2.10. The van der Waals surface area contributed by atoms with Gasteiger partial charge in [-0.25, -0.2) is 13.1 Å². The van der Waals surface area contributed by atoms with E-state index in [2.05, 4.69) is 14.8 Å². The van der Waals surface area contributed by atoms with Gasteiger partial charge >= 0.3 is 0 Å². The van der Waals surface area contributed by atoms with Crippen LogP contribution in [0, 0.1) is 0 Å². The van der Waals surface area contributed by atoms with Crippen molar-refractivity contribution in [1.29, 1.82) is 0 Å². The number of benzene rings is 1. The Labute approximate surface area is 134 Å². The van der Waals surface area contributed by atoms with Gasteiger partial charge in [0.1, 0.15) is 4.90 Å². The van der Waals surface area contributed by atoms with Crippen molar-refractivity contribution in [2.75, 3.05) is 0 Å². The van der Waals surface area contributed by atoms with E-state index in [1.54, 1.807) is 23.1 Å². The second-order valence-electron chi connectivity index (χ2n) is 5.05. The molecule has 6 nitrogen and oxygen atoms in total. The third kappa shape index (κ3) is 4.02. The predicted octanol–water partition coefficient (Wildman–Crippen LogP) is 1.80. The molecule has 0 amide bonds. The van der Waals surface area contributed by atoms with E-state index in [1.807, 2.05) is 36.4 Å². The number of hydrogen-bond donors (Lipinski definition) is 1. The van der Waals surface area contributed by atoms with Crippen LogP contribution >= 0.6 is 0 Å². The van der Waals surface area contributed by atoms with Crippen molar-refractivity contribution in [1.82, 2.24) is 19.5 Å². The fourth-order valence-corrected chi connectivity index (χ4v) is 3.07. The zero-order valence-corrected chi connectivity index (χ0v) is 13.1. The number of hydrogen-bond acceptors (Lipinski definition) is 4. The average Bonchev–Trinajstić information content (AvgIpc) is 3.04. The van der Waals surface area contributed by atoms with Crippen molar-refractivity contribution in [2.24, 2.45) is 0 Å². The largest absolute Gasteiger partial charge is 0.267 e. The number of aromatic nitrogens is 3. The maximum atomic E-state index is 12.3. The molecule has 1 N–H and O–H groups in total. The van der Waals surface area contributed by atoms with Gasteiger partial charge in [-0.05, 0) is 17.2 Å². The Kier molecular flexibility index (Phi) is 4.50. The summed E-state index contributed by atoms with van der Waals surface area (Å²) in [4.78, 5) is 4.11. The summed E-state index contributed by atoms with van der Waals surface area (Å²) < 4.78 is 28.7. The minimum atomic E-state index is -3.59. The molecule has 23 heavy (non-hydrogen) atoms. The van der Waals surface area contributed by atoms with Gasteiger partial charge in [0.15, 0.2) is 0 Å². The molecule has 3 rings (SSSR count). The van der Waals surface area contributed by atoms with Crippen molar-refractivity contribution in [3.8, 4) is 0 Å². The molecular formula is C16H16N4O2S. The van der Waals surface area contributed by atoms with Crippen LogP contribution in [0.1, 0.15) is 11.1 Å². The van der Waals surface area contributed by atoms with Crippen LogP contribution in [0.3, 0.4) is 0 Å². The van der Waals surface area contributed by atoms with E-state index in [9.17, 15) is 8.42 Å². The molecule has 0 aliphatic carbocycles. The van der Waals surface area contributed by atoms with E-state index >= 15 is 0 Å². The second-order valence-corrected chi connectivity index (χ2v) is 6.81. The molecule has 118 valence electrons. The van der Waals surface area contributed by atoms with Crippen LogP contribution in [0.15, 0.2) is 72.1 Å². The molecule has 0 spiro atoms. The Hall–Kier alpha value is -2.51. The third-order valence-electron chi connectivity index (χ3n) is 3.30. The van der Waals surface area contributed by atoms with Gasteiger partial charge in [0.25, 0.3) is 0 Å². The smallest absolute Gasteiger partial charge is 0.243 e. The number of nitrogens with zero attached hydrogens (tertiary/aromatic N) is 3. The second kappa shape index (κ2) is 6.72. The summed E-state index contributed by atoms with van der Waals surface area (Å²) in [6.07, 6.45) is 6.15. The lowest BCUT2D eigenvalue weighted by Gasteiger charge is -2.04. The van der Waals surface area contributed by atoms with Gasteiger partial charge in [0, 0.05) is 25.1 Å². The molecule has 0 aliphatic rings. The minimum absolute atomic E-state index is 0.150. The summed E-state index contributed by atoms with van der Waals surface area (Å²) in [5, 5.41) is 4.12. The van der Waals surface area contributed by atoms with Crippen molar-refractivity contribution >= 4 is 10.0 Å². The maximum absolute atomic E-state index is 12.3. The zero-order chi connectivity index (χ0) is 16.1. The number of sulfonamides is 1. The molecule has 0 saturated carbocycles. The Morgan fingerprint density at radius 3 is 2.52 bits per heavy atom. The van der Waals surface area contributed by atoms with Crippen molar-refractivity contribution < 1.29 is 8.42 Å². The van der Waals surface area contributed by atoms with Gasteiger partial charge in [-0.1, -0.05) is 36.4 Å². The molecule has 0 atom stereocenters. The van der Waals surface area contributed by atoms with E-state index in [1.165, 1.54) is 12.4 Å². The lowest BCUT2D eigenvalue weighted by molar-refractivity contribution is 0.581. The molecular weight excluding hydrogens is 312 g/mol. The van der Waals surface area contributed by atoms with Crippen LogP contribution < -0.4 is 4.72 Å². The van der Waals surface area contributed by atoms with Crippen LogP contribution in [0.25, 0.3) is 0 Å². The highest BCUT2D eigenvalue weighted by atomic mass is 32.2. The summed E-state index contributed by atoms with van der Waals surface area (Å²) in [7, 11) is -3.59. The standard InChI is InChI=1S/C16H16N4O2S/c21-23(22,19-10-15-7-4-8-17-9-15)16-11-18-20(13-16)12-14-5-2-1-3-6-14/h1-9,11,13,19H,10,12H2. The van der Waals surface area contributed by atoms with Crippen LogP contribution in [0.5, 0.6) is 0 Å². The van der Waals surface area contributed by atoms with Gasteiger partial charge in [0.05, 0.1) is 12.7 Å². The van der Waals surface area contributed by atoms with Crippen LogP contribution in [0.2, 0.25) is 0 Å². The molecule has 0 bridgehead atoms. The van der Waals surface area contributed by atoms with Crippen molar-refractivity contribution in [2.45, 2.75) is 18.0 Å². The van der Waals surface area contributed by atoms with E-state index < -0.39 is 10.0 Å². The van der Waals surface area contributed by atoms with Crippen LogP contribution in [0.4, 0.5) is 0 Å². The molecule has 0 aliphatic heterocycles. The molecule has 0 radical (unpaired) electrons. The first-order valence-corrected chi connectivity index (χ1v) is 8.57. The quantitative estimate of drug-likeness (QED) is 0.748. The van der Waals surface area contributed by atoms with Crippen molar-refractivity contribution in [3.05, 3.63) is 78.4 Å². The molecule has 2 aromatic heterocycles. The van der Waals surface area contributed by atoms with Gasteiger partial charge in [-0.15, -0.1) is 0 Å². The van der Waals surface area contributed by atoms with Gasteiger partial charge in [0.2, 0.25) is 10.0 Å². The minimum Gasteiger partial charge on any atom is -0.267 e. The number of nitrogens with one attached hydrogen (secondary N) is 1. The summed E-state index contributed by atoms with van der Waals surface area (Å²) in [6, 6.07) is 13.3. The SMILES string of the molecule is O=S(=O)(NCc1cccnc1)c1cnn(Cc2ccccc2)c1. The summed E-state index contributed by atoms with van der Waals surface area (Å²) in [6.45, 7) is 0.721. The lowest BCUT2D eigenvalue weighted by atomic mass is 10.2. The fourth-order valence-electron chi connectivity index (χ4n) is 2.10. The van der Waals surface area contributed by atoms with Gasteiger partial charge in [-0.3, -0.25) is 9.67 Å². The lowest BCUT2D eigenvalue weighted by Crippen LogP contribution is -2.22. The van der Waals surface area contributed by atoms with Crippen LogP contribution in [-0.4, -0.2) is 23.2 Å². The van der Waals surface area contributed by atoms with E-state index in [-0.39, 0.29) is 11.4 Å². The van der Waals surface area contributed by atoms with Crippen LogP contribution in [-0.2, 0) is 23.1 Å². The van der Waals surface area contributed by atoms with E-state index in [0.29, 0.717) is 6.54 Å². The molecule has 3 aromatic rings. The number of pyridine rings is 1. The molecule has 2 heterocycles. The summed E-state index contributed by atoms with van der Waals surface area (Å²) in [5.41, 5.74) is 1.86. The van der Waals surface area contributed by atoms with E-state index in [0.717, 1.165) is 11.1 Å². The molecule has 7 heteroatoms. The highest BCUT2D eigenvalue weighted by Gasteiger charge is 2.16. The highest BCUT2D eigenvalue weighted by molar-refractivity contribution is 7.89. The molecule has 0 fully saturated rings. The Morgan fingerprint density at radius 1 is 1.00 bits per heavy atom. The Balaban J connectivity index is 1.69. The Morgan fingerprint density at radius 2 is 1.78 bits per heavy atom. The van der Waals surface area contributed by atoms with Gasteiger partial charge in [-0.2, -0.15) is 5.10 Å². The monoisotopic (exact) mass is 328 g/mol. The first-order valence-electron chi connectivity index (χ1n) is 7.08. The van der Waals surface area contributed by atoms with E-state index in [4.69, 9.17) is 0 Å². The summed E-state index contributed by atoms with van der Waals surface area (Å²) in [5.74, 6) is 0. The summed E-state index contributed by atoms with van der Waals surface area (Å²) >= 11 is 0. The number of rotatable bonds is 6. The zero-order valence-electron chi connectivity index (χ0n) is 12.3. The third-order valence-corrected chi connectivity index (χ3v) is 4.65. The first kappa shape index (κ1) is 15.4. The predicted molar refractivity (Wildman–Crippen MR) is 86.0 cm³/mol. The van der Waals surface area contributed by atoms with Gasteiger partial charge < -0.3 is 0 Å². The molecule has 0 unspecified atom stereocenters. The average molecular weight is 328 g/mol. The van der Waals surface area contributed by atoms with Crippen molar-refractivity contribution in [3.63, 3.8) is 0 Å². The molecule has 1 aromatic carbocycles. The Bertz CT molecular complexity index is 861. The fraction of sp³-hybridized carbons (Fsp3) is 0.125. The normalized spacial score (nSPS) is 11.5. The molecule has 0 saturated heterocycles.